The number of guanidine groups is 1. The van der Waals surface area contributed by atoms with E-state index in [9.17, 15) is 0 Å². The summed E-state index contributed by atoms with van der Waals surface area (Å²) in [4.78, 5) is 7.61. The van der Waals surface area contributed by atoms with E-state index in [0.717, 1.165) is 25.8 Å². The standard InChI is InChI=1S/C15H21N5/c16-15(17)19-8-3-6-13-14-11(7-9-18-13)10-4-1-2-5-12(10)20-14/h1-2,4-5,13,18,20H,3,6-9H2,(H4,16,17,19)/t13-/m0/s1. The number of aromatic nitrogens is 1. The molecular formula is C15H21N5. The number of aromatic amines is 1. The molecule has 2 heterocycles. The number of H-pyrrole nitrogens is 1. The number of rotatable bonds is 4. The van der Waals surface area contributed by atoms with E-state index in [1.54, 1.807) is 0 Å². The van der Waals surface area contributed by atoms with Gasteiger partial charge in [-0.2, -0.15) is 0 Å². The van der Waals surface area contributed by atoms with Gasteiger partial charge in [-0.05, 0) is 37.4 Å². The largest absolute Gasteiger partial charge is 0.370 e. The number of nitrogens with zero attached hydrogens (tertiary/aromatic N) is 1. The van der Waals surface area contributed by atoms with Crippen molar-refractivity contribution in [2.24, 2.45) is 16.5 Å². The summed E-state index contributed by atoms with van der Waals surface area (Å²) < 4.78 is 0. The molecule has 3 rings (SSSR count). The fourth-order valence-corrected chi connectivity index (χ4v) is 3.01. The lowest BCUT2D eigenvalue weighted by molar-refractivity contribution is 0.459. The highest BCUT2D eigenvalue weighted by atomic mass is 15.0. The van der Waals surface area contributed by atoms with E-state index in [2.05, 4.69) is 39.6 Å². The Balaban J connectivity index is 1.78. The fourth-order valence-electron chi connectivity index (χ4n) is 3.01. The number of para-hydroxylation sites is 1. The van der Waals surface area contributed by atoms with Gasteiger partial charge in [0.15, 0.2) is 5.96 Å². The maximum absolute atomic E-state index is 5.35. The van der Waals surface area contributed by atoms with Crippen molar-refractivity contribution in [3.63, 3.8) is 0 Å². The third-order valence-electron chi connectivity index (χ3n) is 3.91. The molecule has 0 spiro atoms. The summed E-state index contributed by atoms with van der Waals surface area (Å²) in [5.74, 6) is 0.174. The number of hydrogen-bond acceptors (Lipinski definition) is 2. The molecule has 20 heavy (non-hydrogen) atoms. The second-order valence-electron chi connectivity index (χ2n) is 5.27. The molecule has 106 valence electrons. The summed E-state index contributed by atoms with van der Waals surface area (Å²) in [6.07, 6.45) is 3.10. The predicted molar refractivity (Wildman–Crippen MR) is 82.7 cm³/mol. The first-order valence-electron chi connectivity index (χ1n) is 7.14. The molecule has 5 nitrogen and oxygen atoms in total. The minimum absolute atomic E-state index is 0.174. The molecule has 2 aromatic rings. The van der Waals surface area contributed by atoms with Gasteiger partial charge in [-0.1, -0.05) is 18.2 Å². The summed E-state index contributed by atoms with van der Waals surface area (Å²) in [5, 5.41) is 4.94. The number of benzene rings is 1. The zero-order valence-electron chi connectivity index (χ0n) is 11.5. The Hall–Kier alpha value is -2.01. The van der Waals surface area contributed by atoms with Crippen molar-refractivity contribution in [2.45, 2.75) is 25.3 Å². The van der Waals surface area contributed by atoms with Gasteiger partial charge in [-0.15, -0.1) is 0 Å². The highest BCUT2D eigenvalue weighted by Gasteiger charge is 2.22. The molecule has 0 fully saturated rings. The van der Waals surface area contributed by atoms with Crippen LogP contribution in [0.2, 0.25) is 0 Å². The number of fused-ring (bicyclic) bond motifs is 3. The quantitative estimate of drug-likeness (QED) is 0.385. The molecule has 1 atom stereocenters. The van der Waals surface area contributed by atoms with Crippen molar-refractivity contribution < 1.29 is 0 Å². The molecule has 0 saturated carbocycles. The molecule has 1 aliphatic heterocycles. The third kappa shape index (κ3) is 2.49. The SMILES string of the molecule is NC(N)=NCCC[C@@H]1NCCc2c1[nH]c1ccccc21. The van der Waals surface area contributed by atoms with Crippen molar-refractivity contribution in [1.29, 1.82) is 0 Å². The summed E-state index contributed by atoms with van der Waals surface area (Å²) >= 11 is 0. The van der Waals surface area contributed by atoms with E-state index < -0.39 is 0 Å². The number of hydrogen-bond donors (Lipinski definition) is 4. The molecule has 0 amide bonds. The van der Waals surface area contributed by atoms with Gasteiger partial charge in [0.05, 0.1) is 0 Å². The van der Waals surface area contributed by atoms with Crippen LogP contribution in [-0.2, 0) is 6.42 Å². The molecular weight excluding hydrogens is 250 g/mol. The van der Waals surface area contributed by atoms with Crippen LogP contribution in [0.3, 0.4) is 0 Å². The van der Waals surface area contributed by atoms with Gasteiger partial charge in [-0.3, -0.25) is 4.99 Å². The average Bonchev–Trinajstić information content (AvgIpc) is 2.83. The highest BCUT2D eigenvalue weighted by molar-refractivity contribution is 5.85. The van der Waals surface area contributed by atoms with Crippen LogP contribution in [0.4, 0.5) is 0 Å². The molecule has 1 aliphatic rings. The molecule has 0 unspecified atom stereocenters. The Morgan fingerprint density at radius 1 is 1.30 bits per heavy atom. The van der Waals surface area contributed by atoms with Crippen molar-refractivity contribution in [3.05, 3.63) is 35.5 Å². The van der Waals surface area contributed by atoms with Gasteiger partial charge in [0, 0.05) is 29.2 Å². The fraction of sp³-hybridized carbons (Fsp3) is 0.400. The lowest BCUT2D eigenvalue weighted by Gasteiger charge is -2.24. The second-order valence-corrected chi connectivity index (χ2v) is 5.27. The zero-order chi connectivity index (χ0) is 13.9. The van der Waals surface area contributed by atoms with Gasteiger partial charge >= 0.3 is 0 Å². The van der Waals surface area contributed by atoms with Gasteiger partial charge < -0.3 is 21.8 Å². The van der Waals surface area contributed by atoms with Crippen molar-refractivity contribution >= 4 is 16.9 Å². The summed E-state index contributed by atoms with van der Waals surface area (Å²) in [5.41, 5.74) is 14.7. The van der Waals surface area contributed by atoms with Gasteiger partial charge in [0.2, 0.25) is 0 Å². The van der Waals surface area contributed by atoms with Crippen LogP contribution in [0, 0.1) is 0 Å². The van der Waals surface area contributed by atoms with E-state index in [0.29, 0.717) is 12.6 Å². The first-order valence-corrected chi connectivity index (χ1v) is 7.14. The number of nitrogens with two attached hydrogens (primary N) is 2. The first kappa shape index (κ1) is 13.0. The molecule has 0 bridgehead atoms. The molecule has 0 aliphatic carbocycles. The summed E-state index contributed by atoms with van der Waals surface area (Å²) in [7, 11) is 0. The summed E-state index contributed by atoms with van der Waals surface area (Å²) in [6.45, 7) is 1.72. The Morgan fingerprint density at radius 3 is 3.00 bits per heavy atom. The Kier molecular flexibility index (Phi) is 3.60. The highest BCUT2D eigenvalue weighted by Crippen LogP contribution is 2.31. The normalized spacial score (nSPS) is 17.9. The van der Waals surface area contributed by atoms with E-state index in [-0.39, 0.29) is 5.96 Å². The first-order chi connectivity index (χ1) is 9.75. The molecule has 5 heteroatoms. The number of aliphatic imine (C=N–C) groups is 1. The lowest BCUT2D eigenvalue weighted by Crippen LogP contribution is -2.30. The van der Waals surface area contributed by atoms with Crippen LogP contribution in [0.15, 0.2) is 29.3 Å². The number of nitrogens with one attached hydrogen (secondary N) is 2. The van der Waals surface area contributed by atoms with Crippen LogP contribution in [0.1, 0.15) is 30.1 Å². The van der Waals surface area contributed by atoms with Crippen molar-refractivity contribution in [2.75, 3.05) is 13.1 Å². The van der Waals surface area contributed by atoms with Crippen LogP contribution in [0.25, 0.3) is 10.9 Å². The lowest BCUT2D eigenvalue weighted by atomic mass is 9.96. The molecule has 0 radical (unpaired) electrons. The smallest absolute Gasteiger partial charge is 0.185 e. The zero-order valence-corrected chi connectivity index (χ0v) is 11.5. The molecule has 1 aromatic carbocycles. The minimum atomic E-state index is 0.174. The maximum atomic E-state index is 5.35. The molecule has 6 N–H and O–H groups in total. The monoisotopic (exact) mass is 271 g/mol. The van der Waals surface area contributed by atoms with E-state index in [1.807, 2.05) is 0 Å². The van der Waals surface area contributed by atoms with E-state index in [1.165, 1.54) is 22.2 Å². The van der Waals surface area contributed by atoms with E-state index >= 15 is 0 Å². The third-order valence-corrected chi connectivity index (χ3v) is 3.91. The Bertz CT molecular complexity index is 624. The minimum Gasteiger partial charge on any atom is -0.370 e. The summed E-state index contributed by atoms with van der Waals surface area (Å²) in [6, 6.07) is 8.90. The van der Waals surface area contributed by atoms with Crippen molar-refractivity contribution in [1.82, 2.24) is 10.3 Å². The van der Waals surface area contributed by atoms with Crippen LogP contribution < -0.4 is 16.8 Å². The van der Waals surface area contributed by atoms with E-state index in [4.69, 9.17) is 11.5 Å². The van der Waals surface area contributed by atoms with Gasteiger partial charge in [0.25, 0.3) is 0 Å². The van der Waals surface area contributed by atoms with Crippen molar-refractivity contribution in [3.8, 4) is 0 Å². The Morgan fingerprint density at radius 2 is 2.15 bits per heavy atom. The Labute approximate surface area is 118 Å². The predicted octanol–water partition coefficient (Wildman–Crippen LogP) is 1.41. The topological polar surface area (TPSA) is 92.2 Å². The van der Waals surface area contributed by atoms with Crippen LogP contribution in [0.5, 0.6) is 0 Å². The van der Waals surface area contributed by atoms with Gasteiger partial charge in [0.1, 0.15) is 0 Å². The second kappa shape index (κ2) is 5.54. The van der Waals surface area contributed by atoms with Crippen LogP contribution >= 0.6 is 0 Å². The molecule has 0 saturated heterocycles. The van der Waals surface area contributed by atoms with Gasteiger partial charge in [-0.25, -0.2) is 0 Å². The average molecular weight is 271 g/mol. The molecule has 1 aromatic heterocycles. The maximum Gasteiger partial charge on any atom is 0.185 e. The van der Waals surface area contributed by atoms with Crippen LogP contribution in [-0.4, -0.2) is 24.0 Å².